The van der Waals surface area contributed by atoms with Gasteiger partial charge in [-0.25, -0.2) is 4.79 Å². The van der Waals surface area contributed by atoms with Gasteiger partial charge in [-0.1, -0.05) is 27.7 Å². The molecule has 0 heterocycles. The van der Waals surface area contributed by atoms with E-state index in [0.717, 1.165) is 0 Å². The molecule has 0 aromatic carbocycles. The lowest BCUT2D eigenvalue weighted by molar-refractivity contribution is -0.143. The first-order valence-electron chi connectivity index (χ1n) is 10.6. The molecule has 4 atom stereocenters. The Balaban J connectivity index is 5.49. The van der Waals surface area contributed by atoms with Crippen molar-refractivity contribution >= 4 is 35.5 Å². The summed E-state index contributed by atoms with van der Waals surface area (Å²) in [6.45, 7) is 6.83. The number of nitrogens with two attached hydrogens (primary N) is 3. The molecule has 0 spiro atoms. The first-order chi connectivity index (χ1) is 15.1. The van der Waals surface area contributed by atoms with Gasteiger partial charge in [-0.2, -0.15) is 0 Å². The van der Waals surface area contributed by atoms with Crippen molar-refractivity contribution in [2.75, 3.05) is 0 Å². The van der Waals surface area contributed by atoms with Gasteiger partial charge in [-0.15, -0.1) is 0 Å². The van der Waals surface area contributed by atoms with Crippen LogP contribution in [0.5, 0.6) is 0 Å². The number of primary amides is 2. The Hall–Kier alpha value is -3.22. The third-order valence-corrected chi connectivity index (χ3v) is 4.65. The van der Waals surface area contributed by atoms with Crippen LogP contribution in [0.1, 0.15) is 53.4 Å². The molecule has 4 unspecified atom stereocenters. The predicted molar refractivity (Wildman–Crippen MR) is 118 cm³/mol. The third kappa shape index (κ3) is 11.8. The van der Waals surface area contributed by atoms with Crippen molar-refractivity contribution in [2.24, 2.45) is 29.0 Å². The molecular weight excluding hydrogens is 436 g/mol. The highest BCUT2D eigenvalue weighted by molar-refractivity contribution is 5.96. The number of nitrogens with one attached hydrogen (secondary N) is 3. The lowest BCUT2D eigenvalue weighted by atomic mass is 10.00. The van der Waals surface area contributed by atoms with Gasteiger partial charge in [0.1, 0.15) is 18.1 Å². The normalized spacial score (nSPS) is 14.6. The molecule has 10 N–H and O–H groups in total. The van der Waals surface area contributed by atoms with Gasteiger partial charge >= 0.3 is 5.97 Å². The molecule has 0 radical (unpaired) electrons. The van der Waals surface area contributed by atoms with Crippen molar-refractivity contribution in [1.29, 1.82) is 0 Å². The van der Waals surface area contributed by atoms with E-state index in [9.17, 15) is 33.9 Å². The van der Waals surface area contributed by atoms with E-state index < -0.39 is 72.0 Å². The average Bonchev–Trinajstić information content (AvgIpc) is 2.67. The monoisotopic (exact) mass is 472 g/mol. The molecule has 0 aromatic heterocycles. The minimum atomic E-state index is -1.43. The van der Waals surface area contributed by atoms with E-state index in [1.165, 1.54) is 0 Å². The average molecular weight is 473 g/mol. The largest absolute Gasteiger partial charge is 0.480 e. The van der Waals surface area contributed by atoms with E-state index in [-0.39, 0.29) is 25.2 Å². The number of carboxylic acid groups (broad SMARTS) is 1. The fraction of sp³-hybridized carbons (Fsp3) is 0.700. The van der Waals surface area contributed by atoms with Gasteiger partial charge in [-0.3, -0.25) is 24.0 Å². The molecular formula is C20H36N6O7. The summed E-state index contributed by atoms with van der Waals surface area (Å²) in [5.74, 6) is -5.66. The molecule has 0 aliphatic heterocycles. The smallest absolute Gasteiger partial charge is 0.326 e. The molecule has 0 bridgehead atoms. The highest BCUT2D eigenvalue weighted by Crippen LogP contribution is 2.09. The Labute approximate surface area is 192 Å². The Morgan fingerprint density at radius 1 is 0.788 bits per heavy atom. The molecule has 0 fully saturated rings. The number of hydrogen-bond donors (Lipinski definition) is 7. The summed E-state index contributed by atoms with van der Waals surface area (Å²) < 4.78 is 0. The van der Waals surface area contributed by atoms with E-state index in [0.29, 0.717) is 0 Å². The maximum absolute atomic E-state index is 12.8. The van der Waals surface area contributed by atoms with Crippen LogP contribution in [0.4, 0.5) is 0 Å². The van der Waals surface area contributed by atoms with Crippen molar-refractivity contribution in [2.45, 2.75) is 77.5 Å². The van der Waals surface area contributed by atoms with Gasteiger partial charge in [0, 0.05) is 6.42 Å². The predicted octanol–water partition coefficient (Wildman–Crippen LogP) is -2.30. The zero-order chi connectivity index (χ0) is 25.9. The molecule has 33 heavy (non-hydrogen) atoms. The summed E-state index contributed by atoms with van der Waals surface area (Å²) in [7, 11) is 0. The van der Waals surface area contributed by atoms with Crippen LogP contribution >= 0.6 is 0 Å². The number of amides is 5. The van der Waals surface area contributed by atoms with E-state index in [1.807, 2.05) is 0 Å². The van der Waals surface area contributed by atoms with Crippen LogP contribution < -0.4 is 33.2 Å². The summed E-state index contributed by atoms with van der Waals surface area (Å²) in [4.78, 5) is 71.5. The van der Waals surface area contributed by atoms with Gasteiger partial charge in [0.25, 0.3) is 0 Å². The summed E-state index contributed by atoms with van der Waals surface area (Å²) in [5.41, 5.74) is 15.9. The first-order valence-corrected chi connectivity index (χ1v) is 10.6. The number of rotatable bonds is 15. The van der Waals surface area contributed by atoms with Crippen LogP contribution in [-0.2, 0) is 28.8 Å². The molecule has 188 valence electrons. The fourth-order valence-electron chi connectivity index (χ4n) is 2.86. The van der Waals surface area contributed by atoms with Gasteiger partial charge in [-0.05, 0) is 24.7 Å². The standard InChI is InChI=1S/C20H36N6O7/c1-9(2)7-12(19(31)26-16(10(3)4)20(32)33)25-18(30)13(8-15(23)28)24-17(29)11(21)5-6-14(22)27/h9-13,16H,5-8,21H2,1-4H3,(H2,22,27)(H2,23,28)(H,24,29)(H,25,30)(H,26,31)(H,32,33). The van der Waals surface area contributed by atoms with Gasteiger partial charge < -0.3 is 38.3 Å². The zero-order valence-electron chi connectivity index (χ0n) is 19.4. The third-order valence-electron chi connectivity index (χ3n) is 4.65. The van der Waals surface area contributed by atoms with E-state index >= 15 is 0 Å². The lowest BCUT2D eigenvalue weighted by Gasteiger charge is -2.26. The Morgan fingerprint density at radius 3 is 1.73 bits per heavy atom. The Morgan fingerprint density at radius 2 is 1.30 bits per heavy atom. The topological polar surface area (TPSA) is 237 Å². The summed E-state index contributed by atoms with van der Waals surface area (Å²) in [6, 6.07) is -4.90. The highest BCUT2D eigenvalue weighted by Gasteiger charge is 2.32. The van der Waals surface area contributed by atoms with Crippen LogP contribution in [0.2, 0.25) is 0 Å². The summed E-state index contributed by atoms with van der Waals surface area (Å²) >= 11 is 0. The fourth-order valence-corrected chi connectivity index (χ4v) is 2.86. The summed E-state index contributed by atoms with van der Waals surface area (Å²) in [5, 5.41) is 16.5. The quantitative estimate of drug-likeness (QED) is 0.136. The first kappa shape index (κ1) is 29.8. The SMILES string of the molecule is CC(C)CC(NC(=O)C(CC(N)=O)NC(=O)C(N)CCC(N)=O)C(=O)NC(C(=O)O)C(C)C. The van der Waals surface area contributed by atoms with Gasteiger partial charge in [0.2, 0.25) is 29.5 Å². The second-order valence-electron chi connectivity index (χ2n) is 8.60. The van der Waals surface area contributed by atoms with Crippen LogP contribution in [0.3, 0.4) is 0 Å². The van der Waals surface area contributed by atoms with E-state index in [4.69, 9.17) is 17.2 Å². The number of carbonyl (C=O) groups is 6. The molecule has 13 heteroatoms. The second-order valence-corrected chi connectivity index (χ2v) is 8.60. The molecule has 0 aliphatic carbocycles. The van der Waals surface area contributed by atoms with Crippen molar-refractivity contribution in [3.63, 3.8) is 0 Å². The molecule has 0 saturated heterocycles. The molecule has 0 rings (SSSR count). The van der Waals surface area contributed by atoms with Crippen molar-refractivity contribution in [3.05, 3.63) is 0 Å². The lowest BCUT2D eigenvalue weighted by Crippen LogP contribution is -2.58. The number of hydrogen-bond acceptors (Lipinski definition) is 7. The van der Waals surface area contributed by atoms with Crippen LogP contribution in [0, 0.1) is 11.8 Å². The Kier molecular flexibility index (Phi) is 12.7. The minimum absolute atomic E-state index is 0.0604. The van der Waals surface area contributed by atoms with Crippen LogP contribution in [0.15, 0.2) is 0 Å². The van der Waals surface area contributed by atoms with Crippen LogP contribution in [0.25, 0.3) is 0 Å². The maximum atomic E-state index is 12.8. The van der Waals surface area contributed by atoms with E-state index in [2.05, 4.69) is 16.0 Å². The molecule has 5 amide bonds. The van der Waals surface area contributed by atoms with Gasteiger partial charge in [0.05, 0.1) is 12.5 Å². The number of carbonyl (C=O) groups excluding carboxylic acids is 5. The van der Waals surface area contributed by atoms with Crippen molar-refractivity contribution in [3.8, 4) is 0 Å². The molecule has 0 saturated carbocycles. The maximum Gasteiger partial charge on any atom is 0.326 e. The van der Waals surface area contributed by atoms with Crippen molar-refractivity contribution < 1.29 is 33.9 Å². The zero-order valence-corrected chi connectivity index (χ0v) is 19.4. The highest BCUT2D eigenvalue weighted by atomic mass is 16.4. The van der Waals surface area contributed by atoms with E-state index in [1.54, 1.807) is 27.7 Å². The number of carboxylic acids is 1. The minimum Gasteiger partial charge on any atom is -0.480 e. The molecule has 13 nitrogen and oxygen atoms in total. The molecule has 0 aliphatic rings. The van der Waals surface area contributed by atoms with Crippen LogP contribution in [-0.4, -0.2) is 64.8 Å². The second kappa shape index (κ2) is 14.0. The van der Waals surface area contributed by atoms with Gasteiger partial charge in [0.15, 0.2) is 0 Å². The summed E-state index contributed by atoms with van der Waals surface area (Å²) in [6.07, 6.45) is -0.633. The Bertz CT molecular complexity index is 740. The number of aliphatic carboxylic acids is 1. The molecule has 0 aromatic rings. The van der Waals surface area contributed by atoms with Crippen molar-refractivity contribution in [1.82, 2.24) is 16.0 Å².